The minimum atomic E-state index is -0.715. The molecule has 0 saturated heterocycles. The summed E-state index contributed by atoms with van der Waals surface area (Å²) in [4.78, 5) is 11.5. The third kappa shape index (κ3) is 4.19. The molecule has 0 heterocycles. The number of hydrogen-bond acceptors (Lipinski definition) is 1. The quantitative estimate of drug-likeness (QED) is 0.836. The molecule has 21 heavy (non-hydrogen) atoms. The van der Waals surface area contributed by atoms with Crippen molar-refractivity contribution >= 4 is 17.6 Å². The smallest absolute Gasteiger partial charge is 0.306 e. The van der Waals surface area contributed by atoms with Crippen LogP contribution in [0.4, 0.5) is 4.39 Å². The Morgan fingerprint density at radius 3 is 2.81 bits per heavy atom. The molecule has 1 aliphatic carbocycles. The van der Waals surface area contributed by atoms with Crippen LogP contribution in [0.25, 0.3) is 0 Å². The summed E-state index contributed by atoms with van der Waals surface area (Å²) in [5.41, 5.74) is 0.853. The van der Waals surface area contributed by atoms with E-state index in [0.29, 0.717) is 17.4 Å². The predicted octanol–water partition coefficient (Wildman–Crippen LogP) is 4.94. The van der Waals surface area contributed by atoms with Crippen molar-refractivity contribution < 1.29 is 14.3 Å². The summed E-state index contributed by atoms with van der Waals surface area (Å²) in [6.45, 7) is 2.16. The first-order valence-electron chi connectivity index (χ1n) is 7.68. The monoisotopic (exact) mass is 312 g/mol. The van der Waals surface area contributed by atoms with Crippen LogP contribution >= 0.6 is 11.6 Å². The molecule has 1 aliphatic rings. The van der Waals surface area contributed by atoms with Crippen molar-refractivity contribution in [2.45, 2.75) is 45.4 Å². The van der Waals surface area contributed by atoms with Gasteiger partial charge >= 0.3 is 5.97 Å². The van der Waals surface area contributed by atoms with Crippen LogP contribution in [0, 0.1) is 23.6 Å². The van der Waals surface area contributed by atoms with E-state index in [9.17, 15) is 14.3 Å². The first-order valence-corrected chi connectivity index (χ1v) is 8.05. The predicted molar refractivity (Wildman–Crippen MR) is 82.0 cm³/mol. The molecule has 0 aliphatic heterocycles. The molecule has 1 fully saturated rings. The molecule has 2 rings (SSSR count). The van der Waals surface area contributed by atoms with Gasteiger partial charge in [-0.1, -0.05) is 37.4 Å². The molecule has 1 aromatic carbocycles. The molecule has 116 valence electrons. The fourth-order valence-electron chi connectivity index (χ4n) is 3.55. The zero-order valence-electron chi connectivity index (χ0n) is 12.3. The second kappa shape index (κ2) is 7.26. The number of carboxylic acids is 1. The average Bonchev–Trinajstić information content (AvgIpc) is 2.42. The maximum absolute atomic E-state index is 13.1. The standard InChI is InChI=1S/C17H22ClFO2/c1-2-3-11-4-7-15(17(20)21)13(8-11)9-12-5-6-14(19)10-16(12)18/h5-6,10-11,13,15H,2-4,7-9H2,1H3,(H,20,21). The number of hydrogen-bond donors (Lipinski definition) is 1. The van der Waals surface area contributed by atoms with Gasteiger partial charge in [-0.15, -0.1) is 0 Å². The highest BCUT2D eigenvalue weighted by molar-refractivity contribution is 6.31. The number of benzene rings is 1. The number of halogens is 2. The molecule has 1 saturated carbocycles. The summed E-state index contributed by atoms with van der Waals surface area (Å²) in [6.07, 6.45) is 5.57. The Hall–Kier alpha value is -1.09. The topological polar surface area (TPSA) is 37.3 Å². The lowest BCUT2D eigenvalue weighted by Crippen LogP contribution is -2.32. The molecule has 1 aromatic rings. The van der Waals surface area contributed by atoms with E-state index < -0.39 is 5.97 Å². The zero-order valence-corrected chi connectivity index (χ0v) is 13.1. The van der Waals surface area contributed by atoms with E-state index >= 15 is 0 Å². The molecule has 3 atom stereocenters. The van der Waals surface area contributed by atoms with Crippen molar-refractivity contribution in [3.05, 3.63) is 34.6 Å². The SMILES string of the molecule is CCCC1CCC(C(=O)O)C(Cc2ccc(F)cc2Cl)C1. The maximum atomic E-state index is 13.1. The molecule has 4 heteroatoms. The second-order valence-electron chi connectivity index (χ2n) is 6.11. The van der Waals surface area contributed by atoms with E-state index in [-0.39, 0.29) is 17.7 Å². The van der Waals surface area contributed by atoms with Gasteiger partial charge in [-0.05, 0) is 55.2 Å². The molecule has 0 radical (unpaired) electrons. The van der Waals surface area contributed by atoms with E-state index in [2.05, 4.69) is 6.92 Å². The number of carbonyl (C=O) groups is 1. The lowest BCUT2D eigenvalue weighted by atomic mass is 9.70. The lowest BCUT2D eigenvalue weighted by Gasteiger charge is -2.34. The van der Waals surface area contributed by atoms with Crippen molar-refractivity contribution in [3.63, 3.8) is 0 Å². The third-order valence-corrected chi connectivity index (χ3v) is 4.95. The van der Waals surface area contributed by atoms with Gasteiger partial charge in [-0.25, -0.2) is 4.39 Å². The molecule has 0 spiro atoms. The van der Waals surface area contributed by atoms with E-state index in [1.54, 1.807) is 6.07 Å². The zero-order chi connectivity index (χ0) is 15.4. The fraction of sp³-hybridized carbons (Fsp3) is 0.588. The molecular formula is C17H22ClFO2. The van der Waals surface area contributed by atoms with Crippen molar-refractivity contribution in [1.82, 2.24) is 0 Å². The van der Waals surface area contributed by atoms with E-state index in [1.165, 1.54) is 12.1 Å². The van der Waals surface area contributed by atoms with Gasteiger partial charge in [0.1, 0.15) is 5.82 Å². The summed E-state index contributed by atoms with van der Waals surface area (Å²) >= 11 is 6.09. The van der Waals surface area contributed by atoms with Crippen LogP contribution in [0.15, 0.2) is 18.2 Å². The highest BCUT2D eigenvalue weighted by Crippen LogP contribution is 2.39. The molecule has 0 aromatic heterocycles. The van der Waals surface area contributed by atoms with Crippen LogP contribution in [-0.2, 0) is 11.2 Å². The number of carboxylic acid groups (broad SMARTS) is 1. The van der Waals surface area contributed by atoms with Crippen LogP contribution in [0.5, 0.6) is 0 Å². The van der Waals surface area contributed by atoms with Crippen LogP contribution < -0.4 is 0 Å². The largest absolute Gasteiger partial charge is 0.481 e. The Morgan fingerprint density at radius 1 is 1.43 bits per heavy atom. The van der Waals surface area contributed by atoms with Gasteiger partial charge in [0.15, 0.2) is 0 Å². The summed E-state index contributed by atoms with van der Waals surface area (Å²) in [5, 5.41) is 9.82. The number of aliphatic carboxylic acids is 1. The second-order valence-corrected chi connectivity index (χ2v) is 6.52. The highest BCUT2D eigenvalue weighted by atomic mass is 35.5. The Labute approximate surface area is 130 Å². The Bertz CT molecular complexity index is 504. The van der Waals surface area contributed by atoms with E-state index in [0.717, 1.165) is 37.7 Å². The van der Waals surface area contributed by atoms with Gasteiger partial charge in [0, 0.05) is 5.02 Å². The molecule has 2 nitrogen and oxygen atoms in total. The molecular weight excluding hydrogens is 291 g/mol. The lowest BCUT2D eigenvalue weighted by molar-refractivity contribution is -0.145. The Balaban J connectivity index is 2.13. The first kappa shape index (κ1) is 16.3. The van der Waals surface area contributed by atoms with Gasteiger partial charge in [0.05, 0.1) is 5.92 Å². The van der Waals surface area contributed by atoms with Crippen LogP contribution in [0.1, 0.15) is 44.6 Å². The molecule has 0 amide bonds. The van der Waals surface area contributed by atoms with Crippen molar-refractivity contribution in [1.29, 1.82) is 0 Å². The summed E-state index contributed by atoms with van der Waals surface area (Å²) < 4.78 is 13.1. The van der Waals surface area contributed by atoms with Gasteiger partial charge in [0.2, 0.25) is 0 Å². The van der Waals surface area contributed by atoms with Gasteiger partial charge in [-0.3, -0.25) is 4.79 Å². The molecule has 3 unspecified atom stereocenters. The van der Waals surface area contributed by atoms with Crippen molar-refractivity contribution in [2.24, 2.45) is 17.8 Å². The molecule has 1 N–H and O–H groups in total. The highest BCUT2D eigenvalue weighted by Gasteiger charge is 2.34. The Kier molecular flexibility index (Phi) is 5.63. The fourth-order valence-corrected chi connectivity index (χ4v) is 3.80. The van der Waals surface area contributed by atoms with Crippen LogP contribution in [0.2, 0.25) is 5.02 Å². The summed E-state index contributed by atoms with van der Waals surface area (Å²) in [5.74, 6) is -0.677. The van der Waals surface area contributed by atoms with Crippen molar-refractivity contribution in [2.75, 3.05) is 0 Å². The van der Waals surface area contributed by atoms with Gasteiger partial charge in [-0.2, -0.15) is 0 Å². The minimum absolute atomic E-state index is 0.0933. The van der Waals surface area contributed by atoms with Crippen molar-refractivity contribution in [3.8, 4) is 0 Å². The van der Waals surface area contributed by atoms with Gasteiger partial charge < -0.3 is 5.11 Å². The maximum Gasteiger partial charge on any atom is 0.306 e. The minimum Gasteiger partial charge on any atom is -0.481 e. The first-order chi connectivity index (χ1) is 10.0. The Morgan fingerprint density at radius 2 is 2.19 bits per heavy atom. The average molecular weight is 313 g/mol. The van der Waals surface area contributed by atoms with Gasteiger partial charge in [0.25, 0.3) is 0 Å². The van der Waals surface area contributed by atoms with Crippen LogP contribution in [-0.4, -0.2) is 11.1 Å². The summed E-state index contributed by atoms with van der Waals surface area (Å²) in [6, 6.07) is 4.38. The number of rotatable bonds is 5. The normalized spacial score (nSPS) is 25.8. The summed E-state index contributed by atoms with van der Waals surface area (Å²) in [7, 11) is 0. The van der Waals surface area contributed by atoms with E-state index in [4.69, 9.17) is 11.6 Å². The van der Waals surface area contributed by atoms with Crippen LogP contribution in [0.3, 0.4) is 0 Å². The molecule has 0 bridgehead atoms. The third-order valence-electron chi connectivity index (χ3n) is 4.60. The van der Waals surface area contributed by atoms with E-state index in [1.807, 2.05) is 0 Å².